The molecule has 2 aliphatic heterocycles. The molecule has 1 aromatic carbocycles. The van der Waals surface area contributed by atoms with Gasteiger partial charge in [-0.3, -0.25) is 24.0 Å². The van der Waals surface area contributed by atoms with E-state index >= 15 is 0 Å². The maximum Gasteiger partial charge on any atom is 0.270 e. The van der Waals surface area contributed by atoms with Gasteiger partial charge in [0.05, 0.1) is 4.91 Å². The molecule has 0 aliphatic carbocycles. The molecule has 9 heteroatoms. The first kappa shape index (κ1) is 31.0. The highest BCUT2D eigenvalue weighted by Crippen LogP contribution is 2.37. The first-order valence-electron chi connectivity index (χ1n) is 14.8. The quantitative estimate of drug-likeness (QED) is 0.242. The van der Waals surface area contributed by atoms with Crippen LogP contribution >= 0.6 is 24.0 Å². The Balaban J connectivity index is 1.66. The molecule has 0 N–H and O–H groups in total. The molecule has 1 aromatic heterocycles. The average molecular weight is 592 g/mol. The Morgan fingerprint density at radius 3 is 2.41 bits per heavy atom. The number of hydrogen-bond donors (Lipinski definition) is 0. The maximum atomic E-state index is 13.6. The highest BCUT2D eigenvalue weighted by Gasteiger charge is 2.34. The largest absolute Gasteiger partial charge is 0.355 e. The fourth-order valence-electron chi connectivity index (χ4n) is 5.70. The second-order valence-corrected chi connectivity index (χ2v) is 12.5. The van der Waals surface area contributed by atoms with E-state index in [1.54, 1.807) is 9.47 Å². The fraction of sp³-hybridized carbons (Fsp3) is 0.500. The van der Waals surface area contributed by atoms with Crippen LogP contribution in [0.1, 0.15) is 68.7 Å². The van der Waals surface area contributed by atoms with Crippen molar-refractivity contribution in [3.8, 4) is 6.07 Å². The van der Waals surface area contributed by atoms with Crippen molar-refractivity contribution in [1.82, 2.24) is 14.4 Å². The van der Waals surface area contributed by atoms with Gasteiger partial charge in [0.2, 0.25) is 0 Å². The van der Waals surface area contributed by atoms with Gasteiger partial charge in [-0.1, -0.05) is 87.4 Å². The van der Waals surface area contributed by atoms with Gasteiger partial charge in [0.15, 0.2) is 0 Å². The van der Waals surface area contributed by atoms with E-state index in [0.29, 0.717) is 33.8 Å². The van der Waals surface area contributed by atoms with Crippen LogP contribution in [-0.2, 0) is 17.9 Å². The van der Waals surface area contributed by atoms with E-state index in [9.17, 15) is 14.9 Å². The van der Waals surface area contributed by atoms with E-state index in [1.165, 1.54) is 17.3 Å². The van der Waals surface area contributed by atoms with E-state index in [1.807, 2.05) is 26.0 Å². The van der Waals surface area contributed by atoms with Gasteiger partial charge in [-0.2, -0.15) is 5.26 Å². The molecule has 0 radical (unpaired) electrons. The van der Waals surface area contributed by atoms with E-state index in [4.69, 9.17) is 12.2 Å². The van der Waals surface area contributed by atoms with Crippen molar-refractivity contribution in [3.05, 3.63) is 67.8 Å². The van der Waals surface area contributed by atoms with Gasteiger partial charge in [-0.05, 0) is 43.4 Å². The lowest BCUT2D eigenvalue weighted by Gasteiger charge is -2.38. The zero-order valence-corrected chi connectivity index (χ0v) is 26.3. The summed E-state index contributed by atoms with van der Waals surface area (Å²) in [5, 5.41) is 9.91. The standard InChI is InChI=1S/C32H41N5O2S2/c1-5-8-12-24(6-2)22-37-31(39)28(41-32(37)40)19-26-23(4)27(20-33)30(38)36(7-3)29(26)35-17-15-34(16-18-35)21-25-13-10-9-11-14-25/h9-11,13-14,19,24H,5-8,12,15-18,21-22H2,1-4H3/b28-19-. The molecule has 7 nitrogen and oxygen atoms in total. The Morgan fingerprint density at radius 1 is 1.10 bits per heavy atom. The summed E-state index contributed by atoms with van der Waals surface area (Å²) < 4.78 is 2.28. The molecule has 0 bridgehead atoms. The lowest BCUT2D eigenvalue weighted by atomic mass is 9.99. The number of aromatic nitrogens is 1. The second kappa shape index (κ2) is 14.3. The number of benzene rings is 1. The number of thiocarbonyl (C=S) groups is 1. The van der Waals surface area contributed by atoms with E-state index in [-0.39, 0.29) is 17.0 Å². The number of anilines is 1. The zero-order chi connectivity index (χ0) is 29.5. The van der Waals surface area contributed by atoms with E-state index in [2.05, 4.69) is 54.0 Å². The first-order chi connectivity index (χ1) is 19.8. The Morgan fingerprint density at radius 2 is 1.80 bits per heavy atom. The highest BCUT2D eigenvalue weighted by molar-refractivity contribution is 8.26. The number of pyridine rings is 1. The Bertz CT molecular complexity index is 1390. The number of amides is 1. The van der Waals surface area contributed by atoms with Crippen LogP contribution in [0.2, 0.25) is 0 Å². The minimum absolute atomic E-state index is 0.0827. The third kappa shape index (κ3) is 6.94. The molecule has 2 saturated heterocycles. The minimum atomic E-state index is -0.277. The summed E-state index contributed by atoms with van der Waals surface area (Å²) in [6, 6.07) is 12.6. The number of unbranched alkanes of at least 4 members (excludes halogenated alkanes) is 1. The molecule has 3 heterocycles. The van der Waals surface area contributed by atoms with E-state index in [0.717, 1.165) is 69.8 Å². The van der Waals surface area contributed by atoms with Crippen molar-refractivity contribution in [1.29, 1.82) is 5.26 Å². The predicted molar refractivity (Wildman–Crippen MR) is 173 cm³/mol. The van der Waals surface area contributed by atoms with Crippen LogP contribution in [0.3, 0.4) is 0 Å². The van der Waals surface area contributed by atoms with Crippen LogP contribution in [0.4, 0.5) is 5.82 Å². The number of hydrogen-bond acceptors (Lipinski definition) is 7. The molecule has 2 aliphatic rings. The fourth-order valence-corrected chi connectivity index (χ4v) is 6.96. The molecule has 0 saturated carbocycles. The van der Waals surface area contributed by atoms with Crippen LogP contribution in [0.25, 0.3) is 6.08 Å². The van der Waals surface area contributed by atoms with Gasteiger partial charge < -0.3 is 4.90 Å². The molecular formula is C32H41N5O2S2. The van der Waals surface area contributed by atoms with Crippen molar-refractivity contribution in [3.63, 3.8) is 0 Å². The molecule has 2 aromatic rings. The van der Waals surface area contributed by atoms with Gasteiger partial charge in [-0.25, -0.2) is 0 Å². The van der Waals surface area contributed by atoms with Crippen molar-refractivity contribution < 1.29 is 4.79 Å². The van der Waals surface area contributed by atoms with Crippen molar-refractivity contribution >= 4 is 46.1 Å². The molecule has 4 rings (SSSR count). The van der Waals surface area contributed by atoms with Gasteiger partial charge in [-0.15, -0.1) is 0 Å². The van der Waals surface area contributed by atoms with Gasteiger partial charge >= 0.3 is 0 Å². The lowest BCUT2D eigenvalue weighted by Crippen LogP contribution is -2.48. The van der Waals surface area contributed by atoms with Crippen LogP contribution in [0, 0.1) is 24.2 Å². The molecular weight excluding hydrogens is 551 g/mol. The number of carbonyl (C=O) groups excluding carboxylic acids is 1. The van der Waals surface area contributed by atoms with Crippen LogP contribution < -0.4 is 10.5 Å². The maximum absolute atomic E-state index is 13.6. The smallest absolute Gasteiger partial charge is 0.270 e. The predicted octanol–water partition coefficient (Wildman–Crippen LogP) is 5.79. The first-order valence-corrected chi connectivity index (χ1v) is 16.0. The van der Waals surface area contributed by atoms with Gasteiger partial charge in [0.1, 0.15) is 21.8 Å². The summed E-state index contributed by atoms with van der Waals surface area (Å²) in [5.41, 5.74) is 2.51. The monoisotopic (exact) mass is 591 g/mol. The number of nitriles is 1. The Labute approximate surface area is 253 Å². The van der Waals surface area contributed by atoms with Crippen molar-refractivity contribution in [2.24, 2.45) is 5.92 Å². The summed E-state index contributed by atoms with van der Waals surface area (Å²) in [6.07, 6.45) is 6.23. The van der Waals surface area contributed by atoms with Crippen LogP contribution in [-0.4, -0.2) is 57.3 Å². The molecule has 2 fully saturated rings. The number of rotatable bonds is 11. The minimum Gasteiger partial charge on any atom is -0.355 e. The van der Waals surface area contributed by atoms with Crippen LogP contribution in [0.15, 0.2) is 40.0 Å². The Hall–Kier alpha value is -2.93. The zero-order valence-electron chi connectivity index (χ0n) is 24.7. The third-order valence-corrected chi connectivity index (χ3v) is 9.59. The molecule has 1 amide bonds. The Kier molecular flexibility index (Phi) is 10.8. The van der Waals surface area contributed by atoms with Gasteiger partial charge in [0.25, 0.3) is 11.5 Å². The summed E-state index contributed by atoms with van der Waals surface area (Å²) in [5.74, 6) is 1.11. The second-order valence-electron chi connectivity index (χ2n) is 10.9. The average Bonchev–Trinajstić information content (AvgIpc) is 3.24. The number of piperazine rings is 1. The van der Waals surface area contributed by atoms with Gasteiger partial charge in [0, 0.05) is 51.4 Å². The summed E-state index contributed by atoms with van der Waals surface area (Å²) in [6.45, 7) is 13.2. The highest BCUT2D eigenvalue weighted by atomic mass is 32.2. The van der Waals surface area contributed by atoms with E-state index < -0.39 is 0 Å². The van der Waals surface area contributed by atoms with Crippen molar-refractivity contribution in [2.75, 3.05) is 37.6 Å². The molecule has 218 valence electrons. The molecule has 41 heavy (non-hydrogen) atoms. The topological polar surface area (TPSA) is 72.6 Å². The van der Waals surface area contributed by atoms with Crippen LogP contribution in [0.5, 0.6) is 0 Å². The summed E-state index contributed by atoms with van der Waals surface area (Å²) in [7, 11) is 0. The molecule has 1 unspecified atom stereocenters. The van der Waals surface area contributed by atoms with Crippen molar-refractivity contribution in [2.45, 2.75) is 66.5 Å². The SMILES string of the molecule is CCCCC(CC)CN1C(=O)/C(=C/c2c(C)c(C#N)c(=O)n(CC)c2N2CCN(Cc3ccccc3)CC2)SC1=S. The summed E-state index contributed by atoms with van der Waals surface area (Å²) >= 11 is 6.99. The summed E-state index contributed by atoms with van der Waals surface area (Å²) in [4.78, 5) is 34.0. The number of carbonyl (C=O) groups is 1. The number of thioether (sulfide) groups is 1. The number of nitrogens with zero attached hydrogens (tertiary/aromatic N) is 5. The molecule has 0 spiro atoms. The normalized spacial score (nSPS) is 17.9. The third-order valence-electron chi connectivity index (χ3n) is 8.22. The lowest BCUT2D eigenvalue weighted by molar-refractivity contribution is -0.122. The molecule has 1 atom stereocenters.